The monoisotopic (exact) mass is 391 g/mol. The van der Waals surface area contributed by atoms with Crippen LogP contribution in [0.2, 0.25) is 0 Å². The van der Waals surface area contributed by atoms with Crippen molar-refractivity contribution in [3.8, 4) is 5.75 Å². The summed E-state index contributed by atoms with van der Waals surface area (Å²) in [5.74, 6) is 1.16. The number of aryl methyl sites for hydroxylation is 1. The zero-order valence-corrected chi connectivity index (χ0v) is 16.6. The van der Waals surface area contributed by atoms with Gasteiger partial charge in [0.25, 0.3) is 5.56 Å². The lowest BCUT2D eigenvalue weighted by Crippen LogP contribution is -2.40. The molecule has 1 aliphatic rings. The number of fused-ring (bicyclic) bond motifs is 1. The number of ether oxygens (including phenoxy) is 1. The van der Waals surface area contributed by atoms with Gasteiger partial charge in [0.2, 0.25) is 5.91 Å². The highest BCUT2D eigenvalue weighted by Crippen LogP contribution is 2.18. The Morgan fingerprint density at radius 2 is 1.76 bits per heavy atom. The van der Waals surface area contributed by atoms with Crippen LogP contribution in [-0.2, 0) is 17.9 Å². The second-order valence-electron chi connectivity index (χ2n) is 7.43. The summed E-state index contributed by atoms with van der Waals surface area (Å²) in [5.41, 5.74) is 1.42. The number of benzene rings is 2. The van der Waals surface area contributed by atoms with Crippen molar-refractivity contribution in [3.05, 3.63) is 70.3 Å². The molecule has 6 nitrogen and oxygen atoms in total. The van der Waals surface area contributed by atoms with E-state index in [9.17, 15) is 9.59 Å². The molecule has 3 aromatic rings. The molecule has 150 valence electrons. The number of nitrogens with zero attached hydrogens (tertiary/aromatic N) is 3. The first-order valence-corrected chi connectivity index (χ1v) is 10.1. The number of hydrogen-bond acceptors (Lipinski definition) is 4. The van der Waals surface area contributed by atoms with Gasteiger partial charge in [-0.2, -0.15) is 0 Å². The molecule has 6 heteroatoms. The molecular weight excluding hydrogens is 366 g/mol. The molecule has 0 bridgehead atoms. The lowest BCUT2D eigenvalue weighted by molar-refractivity contribution is -0.132. The zero-order chi connectivity index (χ0) is 20.2. The van der Waals surface area contributed by atoms with E-state index in [1.54, 1.807) is 6.07 Å². The van der Waals surface area contributed by atoms with Crippen molar-refractivity contribution >= 4 is 16.8 Å². The van der Waals surface area contributed by atoms with Crippen LogP contribution >= 0.6 is 0 Å². The third-order valence-corrected chi connectivity index (χ3v) is 5.39. The van der Waals surface area contributed by atoms with E-state index >= 15 is 0 Å². The van der Waals surface area contributed by atoms with Crippen LogP contribution < -0.4 is 10.3 Å². The van der Waals surface area contributed by atoms with Gasteiger partial charge < -0.3 is 9.64 Å². The van der Waals surface area contributed by atoms with Crippen molar-refractivity contribution in [2.75, 3.05) is 13.1 Å². The molecular formula is C23H25N3O3. The summed E-state index contributed by atoms with van der Waals surface area (Å²) in [4.78, 5) is 32.5. The van der Waals surface area contributed by atoms with Gasteiger partial charge in [0, 0.05) is 13.1 Å². The van der Waals surface area contributed by atoms with Gasteiger partial charge in [-0.15, -0.1) is 0 Å². The topological polar surface area (TPSA) is 64.4 Å². The van der Waals surface area contributed by atoms with E-state index in [0.29, 0.717) is 16.7 Å². The first kappa shape index (κ1) is 19.2. The van der Waals surface area contributed by atoms with Gasteiger partial charge in [0.15, 0.2) is 5.82 Å². The van der Waals surface area contributed by atoms with Crippen molar-refractivity contribution in [1.29, 1.82) is 0 Å². The summed E-state index contributed by atoms with van der Waals surface area (Å²) in [5, 5.41) is 0.513. The maximum absolute atomic E-state index is 13.1. The van der Waals surface area contributed by atoms with Crippen molar-refractivity contribution in [2.24, 2.45) is 0 Å². The van der Waals surface area contributed by atoms with E-state index in [1.807, 2.05) is 54.3 Å². The molecule has 0 unspecified atom stereocenters. The van der Waals surface area contributed by atoms with Crippen LogP contribution in [0.25, 0.3) is 10.9 Å². The predicted molar refractivity (Wildman–Crippen MR) is 112 cm³/mol. The van der Waals surface area contributed by atoms with E-state index in [4.69, 9.17) is 4.74 Å². The summed E-state index contributed by atoms with van der Waals surface area (Å²) in [6.07, 6.45) is 3.18. The molecule has 0 radical (unpaired) electrons. The molecule has 0 atom stereocenters. The quantitative estimate of drug-likeness (QED) is 0.669. The Hall–Kier alpha value is -3.15. The van der Waals surface area contributed by atoms with Gasteiger partial charge >= 0.3 is 0 Å². The fraction of sp³-hybridized carbons (Fsp3) is 0.348. The minimum atomic E-state index is -0.204. The highest BCUT2D eigenvalue weighted by Gasteiger charge is 2.20. The van der Waals surface area contributed by atoms with E-state index in [-0.39, 0.29) is 24.6 Å². The molecule has 2 aromatic carbocycles. The normalized spacial score (nSPS) is 14.2. The Morgan fingerprint density at radius 3 is 2.55 bits per heavy atom. The summed E-state index contributed by atoms with van der Waals surface area (Å²) in [7, 11) is 0. The largest absolute Gasteiger partial charge is 0.485 e. The standard InChI is InChI=1S/C23H25N3O3/c1-17-9-3-6-12-20(17)29-16-21-24-19-11-5-4-10-18(19)23(28)26(21)15-22(27)25-13-7-2-8-14-25/h3-6,9-12H,2,7-8,13-16H2,1H3. The highest BCUT2D eigenvalue weighted by atomic mass is 16.5. The number of para-hydroxylation sites is 2. The predicted octanol–water partition coefficient (Wildman–Crippen LogP) is 3.30. The smallest absolute Gasteiger partial charge is 0.261 e. The Bertz CT molecular complexity index is 1080. The second kappa shape index (κ2) is 8.47. The zero-order valence-electron chi connectivity index (χ0n) is 16.6. The molecule has 29 heavy (non-hydrogen) atoms. The van der Waals surface area contributed by atoms with E-state index < -0.39 is 0 Å². The van der Waals surface area contributed by atoms with E-state index in [2.05, 4.69) is 4.98 Å². The summed E-state index contributed by atoms with van der Waals surface area (Å²) < 4.78 is 7.42. The molecule has 2 heterocycles. The van der Waals surface area contributed by atoms with Crippen LogP contribution in [0, 0.1) is 6.92 Å². The SMILES string of the molecule is Cc1ccccc1OCc1nc2ccccc2c(=O)n1CC(=O)N1CCCCC1. The van der Waals surface area contributed by atoms with Crippen LogP contribution in [-0.4, -0.2) is 33.4 Å². The highest BCUT2D eigenvalue weighted by molar-refractivity contribution is 5.79. The number of carbonyl (C=O) groups is 1. The van der Waals surface area contributed by atoms with Crippen LogP contribution in [0.4, 0.5) is 0 Å². The lowest BCUT2D eigenvalue weighted by Gasteiger charge is -2.27. The maximum Gasteiger partial charge on any atom is 0.261 e. The first-order chi connectivity index (χ1) is 14.1. The maximum atomic E-state index is 13.1. The molecule has 1 aromatic heterocycles. The first-order valence-electron chi connectivity index (χ1n) is 10.1. The molecule has 1 aliphatic heterocycles. The number of hydrogen-bond donors (Lipinski definition) is 0. The van der Waals surface area contributed by atoms with E-state index in [0.717, 1.165) is 43.7 Å². The van der Waals surface area contributed by atoms with Gasteiger partial charge in [-0.3, -0.25) is 14.2 Å². The fourth-order valence-electron chi connectivity index (χ4n) is 3.73. The summed E-state index contributed by atoms with van der Waals surface area (Å²) in [6, 6.07) is 14.9. The van der Waals surface area contributed by atoms with Crippen LogP contribution in [0.15, 0.2) is 53.3 Å². The number of amides is 1. The van der Waals surface area contributed by atoms with Crippen LogP contribution in [0.1, 0.15) is 30.7 Å². The number of aromatic nitrogens is 2. The lowest BCUT2D eigenvalue weighted by atomic mass is 10.1. The minimum absolute atomic E-state index is 0.0108. The molecule has 0 spiro atoms. The van der Waals surface area contributed by atoms with Gasteiger partial charge in [0.05, 0.1) is 10.9 Å². The Kier molecular flexibility index (Phi) is 5.60. The summed E-state index contributed by atoms with van der Waals surface area (Å²) >= 11 is 0. The van der Waals surface area contributed by atoms with Crippen molar-refractivity contribution < 1.29 is 9.53 Å². The molecule has 4 rings (SSSR count). The molecule has 1 fully saturated rings. The average Bonchev–Trinajstić information content (AvgIpc) is 2.76. The van der Waals surface area contributed by atoms with Crippen molar-refractivity contribution in [2.45, 2.75) is 39.3 Å². The van der Waals surface area contributed by atoms with Crippen LogP contribution in [0.3, 0.4) is 0 Å². The van der Waals surface area contributed by atoms with Crippen molar-refractivity contribution in [3.63, 3.8) is 0 Å². The molecule has 0 saturated carbocycles. The Morgan fingerprint density at radius 1 is 1.03 bits per heavy atom. The third-order valence-electron chi connectivity index (χ3n) is 5.39. The fourth-order valence-corrected chi connectivity index (χ4v) is 3.73. The number of piperidine rings is 1. The van der Waals surface area contributed by atoms with Crippen molar-refractivity contribution in [1.82, 2.24) is 14.5 Å². The Balaban J connectivity index is 1.67. The molecule has 0 aliphatic carbocycles. The van der Waals surface area contributed by atoms with Gasteiger partial charge in [-0.25, -0.2) is 4.98 Å². The molecule has 1 amide bonds. The average molecular weight is 391 g/mol. The second-order valence-corrected chi connectivity index (χ2v) is 7.43. The van der Waals surface area contributed by atoms with Gasteiger partial charge in [-0.05, 0) is 49.9 Å². The van der Waals surface area contributed by atoms with Gasteiger partial charge in [0.1, 0.15) is 18.9 Å². The van der Waals surface area contributed by atoms with Crippen LogP contribution in [0.5, 0.6) is 5.75 Å². The Labute approximate surface area is 169 Å². The third kappa shape index (κ3) is 4.16. The number of carbonyl (C=O) groups excluding carboxylic acids is 1. The minimum Gasteiger partial charge on any atom is -0.485 e. The summed E-state index contributed by atoms with van der Waals surface area (Å²) in [6.45, 7) is 3.59. The number of likely N-dealkylation sites (tertiary alicyclic amines) is 1. The molecule has 1 saturated heterocycles. The van der Waals surface area contributed by atoms with E-state index in [1.165, 1.54) is 4.57 Å². The van der Waals surface area contributed by atoms with Gasteiger partial charge in [-0.1, -0.05) is 30.3 Å². The number of rotatable bonds is 5. The molecule has 0 N–H and O–H groups in total.